The molecule has 1 aliphatic carbocycles. The molecular formula is C27H53O7PS. The third-order valence-electron chi connectivity index (χ3n) is 6.94. The second-order valence-corrected chi connectivity index (χ2v) is 13.6. The molecule has 0 aromatic heterocycles. The van der Waals surface area contributed by atoms with Crippen molar-refractivity contribution in [3.8, 4) is 0 Å². The number of carboxylic acids is 1. The Hall–Kier alpha value is -0.110. The highest BCUT2D eigenvalue weighted by atomic mass is 32.2. The minimum atomic E-state index is -4.64. The first-order chi connectivity index (χ1) is 17.2. The van der Waals surface area contributed by atoms with Crippen LogP contribution in [0.4, 0.5) is 0 Å². The molecule has 1 aliphatic rings. The maximum atomic E-state index is 13.1. The van der Waals surface area contributed by atoms with Gasteiger partial charge in [0.25, 0.3) is 5.34 Å². The van der Waals surface area contributed by atoms with Crippen LogP contribution in [-0.2, 0) is 23.4 Å². The molecule has 0 aromatic rings. The van der Waals surface area contributed by atoms with Crippen molar-refractivity contribution in [3.05, 3.63) is 0 Å². The number of aliphatic carboxylic acids is 1. The second-order valence-electron chi connectivity index (χ2n) is 10.3. The van der Waals surface area contributed by atoms with Crippen molar-refractivity contribution in [1.82, 2.24) is 0 Å². The maximum absolute atomic E-state index is 13.1. The van der Waals surface area contributed by atoms with Gasteiger partial charge in [-0.3, -0.25) is 4.57 Å². The first-order valence-corrected chi connectivity index (χ1v) is 17.0. The first kappa shape index (κ1) is 33.9. The Morgan fingerprint density at radius 3 is 2.22 bits per heavy atom. The molecule has 0 aromatic carbocycles. The van der Waals surface area contributed by atoms with E-state index in [1.54, 1.807) is 6.92 Å². The van der Waals surface area contributed by atoms with E-state index in [0.717, 1.165) is 51.9 Å². The zero-order valence-electron chi connectivity index (χ0n) is 23.3. The topological polar surface area (TPSA) is 102 Å². The summed E-state index contributed by atoms with van der Waals surface area (Å²) in [6, 6.07) is 0. The van der Waals surface area contributed by atoms with E-state index >= 15 is 0 Å². The molecule has 2 N–H and O–H groups in total. The molecule has 1 fully saturated rings. The zero-order chi connectivity index (χ0) is 26.9. The van der Waals surface area contributed by atoms with E-state index in [4.69, 9.17) is 14.0 Å². The largest absolute Gasteiger partial charge is 0.479 e. The third kappa shape index (κ3) is 12.6. The number of hydrogen-bond acceptors (Lipinski definition) is 6. The number of carbonyl (C=O) groups is 1. The molecular weight excluding hydrogens is 499 g/mol. The molecule has 0 aliphatic heterocycles. The molecule has 1 rings (SSSR count). The highest BCUT2D eigenvalue weighted by Crippen LogP contribution is 2.57. The molecule has 36 heavy (non-hydrogen) atoms. The first-order valence-electron chi connectivity index (χ1n) is 14.3. The number of unbranched alkanes of at least 4 members (excludes halogenated alkanes) is 6. The van der Waals surface area contributed by atoms with Crippen molar-refractivity contribution in [2.24, 2.45) is 0 Å². The lowest BCUT2D eigenvalue weighted by molar-refractivity contribution is -0.156. The Kier molecular flexibility index (Phi) is 17.9. The van der Waals surface area contributed by atoms with E-state index in [1.165, 1.54) is 56.5 Å². The number of hydrogen-bond donors (Lipinski definition) is 2. The lowest BCUT2D eigenvalue weighted by Gasteiger charge is -2.35. The van der Waals surface area contributed by atoms with Crippen molar-refractivity contribution < 1.29 is 33.4 Å². The molecule has 0 radical (unpaired) electrons. The van der Waals surface area contributed by atoms with Crippen LogP contribution in [0.25, 0.3) is 0 Å². The van der Waals surface area contributed by atoms with Crippen molar-refractivity contribution in [2.75, 3.05) is 18.1 Å². The van der Waals surface area contributed by atoms with Gasteiger partial charge in [-0.05, 0) is 63.9 Å². The summed E-state index contributed by atoms with van der Waals surface area (Å²) in [5.74, 6) is 1.00. The van der Waals surface area contributed by atoms with E-state index in [9.17, 15) is 19.4 Å². The van der Waals surface area contributed by atoms with E-state index in [0.29, 0.717) is 6.42 Å². The number of carboxylic acid groups (broad SMARTS) is 1. The van der Waals surface area contributed by atoms with E-state index in [-0.39, 0.29) is 18.8 Å². The van der Waals surface area contributed by atoms with Gasteiger partial charge in [0.2, 0.25) is 0 Å². The summed E-state index contributed by atoms with van der Waals surface area (Å²) in [4.78, 5) is 22.5. The normalized spacial score (nSPS) is 19.9. The Labute approximate surface area is 224 Å². The van der Waals surface area contributed by atoms with Gasteiger partial charge in [-0.25, -0.2) is 4.79 Å². The quantitative estimate of drug-likeness (QED) is 0.104. The Bertz CT molecular complexity index is 629. The fraction of sp³-hybridized carbons (Fsp3) is 0.963. The molecule has 0 saturated heterocycles. The molecule has 7 nitrogen and oxygen atoms in total. The number of thioether (sulfide) groups is 1. The van der Waals surface area contributed by atoms with E-state index < -0.39 is 25.0 Å². The lowest BCUT2D eigenvalue weighted by Crippen LogP contribution is -2.41. The molecule has 0 spiro atoms. The molecule has 214 valence electrons. The summed E-state index contributed by atoms with van der Waals surface area (Å²) < 4.78 is 30.4. The van der Waals surface area contributed by atoms with Crippen LogP contribution in [0.15, 0.2) is 0 Å². The van der Waals surface area contributed by atoms with Crippen LogP contribution in [0.2, 0.25) is 0 Å². The van der Waals surface area contributed by atoms with Crippen LogP contribution in [-0.4, -0.2) is 57.7 Å². The van der Waals surface area contributed by atoms with Crippen molar-refractivity contribution >= 4 is 25.3 Å². The van der Waals surface area contributed by atoms with Gasteiger partial charge in [-0.1, -0.05) is 71.6 Å². The lowest BCUT2D eigenvalue weighted by atomic mass is 9.97. The Morgan fingerprint density at radius 2 is 1.61 bits per heavy atom. The smallest absolute Gasteiger partial charge is 0.371 e. The molecule has 0 heterocycles. The molecule has 0 amide bonds. The summed E-state index contributed by atoms with van der Waals surface area (Å²) in [5.41, 5.74) is 0. The van der Waals surface area contributed by atoms with Gasteiger partial charge >= 0.3 is 13.6 Å². The van der Waals surface area contributed by atoms with Gasteiger partial charge in [0.1, 0.15) is 0 Å². The third-order valence-corrected chi connectivity index (χ3v) is 10.1. The fourth-order valence-corrected chi connectivity index (χ4v) is 6.76. The molecule has 9 heteroatoms. The SMILES string of the molecule is CCCCCSCCCCCCCC(OC1CCCCC1)C(C)OP(=O)(O)C(C)(OCCC)C(=O)O. The summed E-state index contributed by atoms with van der Waals surface area (Å²) >= 11 is 2.06. The zero-order valence-corrected chi connectivity index (χ0v) is 25.0. The monoisotopic (exact) mass is 552 g/mol. The van der Waals surface area contributed by atoms with Gasteiger partial charge in [0.05, 0.1) is 18.3 Å². The summed E-state index contributed by atoms with van der Waals surface area (Å²) in [6.07, 6.45) is 15.4. The van der Waals surface area contributed by atoms with E-state index in [2.05, 4.69) is 18.7 Å². The second kappa shape index (κ2) is 19.0. The van der Waals surface area contributed by atoms with Crippen LogP contribution in [0.3, 0.4) is 0 Å². The minimum Gasteiger partial charge on any atom is -0.479 e. The highest BCUT2D eigenvalue weighted by Gasteiger charge is 2.54. The average Bonchev–Trinajstić information content (AvgIpc) is 2.85. The Morgan fingerprint density at radius 1 is 1.00 bits per heavy atom. The summed E-state index contributed by atoms with van der Waals surface area (Å²) in [6.45, 7) is 6.95. The molecule has 1 saturated carbocycles. The maximum Gasteiger partial charge on any atom is 0.371 e. The van der Waals surface area contributed by atoms with Crippen molar-refractivity contribution in [3.63, 3.8) is 0 Å². The number of rotatable bonds is 22. The molecule has 4 atom stereocenters. The van der Waals surface area contributed by atoms with Gasteiger partial charge in [0, 0.05) is 6.61 Å². The van der Waals surface area contributed by atoms with Crippen LogP contribution in [0.5, 0.6) is 0 Å². The van der Waals surface area contributed by atoms with E-state index in [1.807, 2.05) is 6.92 Å². The van der Waals surface area contributed by atoms with Gasteiger partial charge in [0.15, 0.2) is 0 Å². The van der Waals surface area contributed by atoms with Crippen LogP contribution < -0.4 is 0 Å². The highest BCUT2D eigenvalue weighted by molar-refractivity contribution is 7.99. The van der Waals surface area contributed by atoms with Gasteiger partial charge in [-0.2, -0.15) is 11.8 Å². The predicted octanol–water partition coefficient (Wildman–Crippen LogP) is 7.79. The standard InChI is InChI=1S/C27H53O7PS/c1-5-7-15-21-36-22-16-10-8-9-14-19-25(33-24-17-12-11-13-18-24)23(3)34-35(30,31)27(4,26(28)29)32-20-6-2/h23-25H,5-22H2,1-4H3,(H,28,29)(H,30,31). The fourth-order valence-electron chi connectivity index (χ4n) is 4.46. The van der Waals surface area contributed by atoms with Crippen molar-refractivity contribution in [2.45, 2.75) is 148 Å². The van der Waals surface area contributed by atoms with Gasteiger partial charge in [-0.15, -0.1) is 0 Å². The molecule has 0 bridgehead atoms. The number of ether oxygens (including phenoxy) is 2. The summed E-state index contributed by atoms with van der Waals surface area (Å²) in [7, 11) is -4.64. The van der Waals surface area contributed by atoms with Gasteiger partial charge < -0.3 is 24.0 Å². The average molecular weight is 553 g/mol. The van der Waals surface area contributed by atoms with Crippen LogP contribution >= 0.6 is 19.4 Å². The van der Waals surface area contributed by atoms with Crippen LogP contribution in [0, 0.1) is 0 Å². The van der Waals surface area contributed by atoms with Crippen molar-refractivity contribution in [1.29, 1.82) is 0 Å². The predicted molar refractivity (Wildman–Crippen MR) is 149 cm³/mol. The molecule has 4 unspecified atom stereocenters. The summed E-state index contributed by atoms with van der Waals surface area (Å²) in [5, 5.41) is 7.35. The minimum absolute atomic E-state index is 0.0599. The van der Waals surface area contributed by atoms with Crippen LogP contribution in [0.1, 0.15) is 124 Å². The Balaban J connectivity index is 2.60.